The van der Waals surface area contributed by atoms with E-state index in [1.165, 1.54) is 16.7 Å². The average molecular weight is 366 g/mol. The second kappa shape index (κ2) is 6.96. The highest BCUT2D eigenvalue weighted by Crippen LogP contribution is 2.30. The van der Waals surface area contributed by atoms with E-state index in [-0.39, 0.29) is 24.1 Å². The van der Waals surface area contributed by atoms with E-state index < -0.39 is 0 Å². The Balaban J connectivity index is 1.51. The molecular weight excluding hydrogens is 352 g/mol. The lowest BCUT2D eigenvalue weighted by atomic mass is 10.2. The molecule has 0 aliphatic carbocycles. The molecule has 0 saturated carbocycles. The van der Waals surface area contributed by atoms with E-state index in [9.17, 15) is 9.59 Å². The van der Waals surface area contributed by atoms with E-state index in [1.807, 2.05) is 48.5 Å². The van der Waals surface area contributed by atoms with Gasteiger partial charge in [-0.05, 0) is 34.7 Å². The van der Waals surface area contributed by atoms with E-state index in [1.54, 1.807) is 10.7 Å². The van der Waals surface area contributed by atoms with Gasteiger partial charge >= 0.3 is 0 Å². The van der Waals surface area contributed by atoms with Crippen LogP contribution >= 0.6 is 11.8 Å². The number of thioether (sulfide) groups is 1. The van der Waals surface area contributed by atoms with Crippen LogP contribution in [0.4, 0.5) is 11.4 Å². The number of nitrogens with one attached hydrogen (secondary N) is 1. The minimum Gasteiger partial charge on any atom is -0.323 e. The van der Waals surface area contributed by atoms with Crippen LogP contribution in [0.3, 0.4) is 0 Å². The summed E-state index contributed by atoms with van der Waals surface area (Å²) in [6, 6.07) is 16.7. The Kier molecular flexibility index (Phi) is 4.36. The van der Waals surface area contributed by atoms with Gasteiger partial charge in [0, 0.05) is 0 Å². The summed E-state index contributed by atoms with van der Waals surface area (Å²) in [5, 5.41) is 14.9. The molecule has 2 aromatic carbocycles. The molecule has 0 bridgehead atoms. The maximum absolute atomic E-state index is 12.7. The molecule has 130 valence electrons. The molecule has 9 heteroatoms. The Labute approximate surface area is 153 Å². The molecule has 0 atom stereocenters. The molecule has 26 heavy (non-hydrogen) atoms. The van der Waals surface area contributed by atoms with Crippen LogP contribution in [0.25, 0.3) is 5.69 Å². The number of rotatable bonds is 4. The minimum atomic E-state index is -0.212. The van der Waals surface area contributed by atoms with Crippen molar-refractivity contribution in [2.75, 3.05) is 22.5 Å². The van der Waals surface area contributed by atoms with Crippen LogP contribution in [0.15, 0.2) is 59.8 Å². The maximum atomic E-state index is 12.7. The highest BCUT2D eigenvalue weighted by Gasteiger charge is 2.26. The normalized spacial score (nSPS) is 13.2. The first kappa shape index (κ1) is 16.3. The molecule has 0 spiro atoms. The van der Waals surface area contributed by atoms with Crippen molar-refractivity contribution < 1.29 is 9.59 Å². The first-order valence-electron chi connectivity index (χ1n) is 7.88. The fourth-order valence-corrected chi connectivity index (χ4v) is 3.43. The zero-order valence-electron chi connectivity index (χ0n) is 13.6. The van der Waals surface area contributed by atoms with Crippen molar-refractivity contribution in [1.29, 1.82) is 0 Å². The van der Waals surface area contributed by atoms with Gasteiger partial charge in [0.25, 0.3) is 0 Å². The highest BCUT2D eigenvalue weighted by molar-refractivity contribution is 7.99. The van der Waals surface area contributed by atoms with Crippen LogP contribution in [0, 0.1) is 0 Å². The quantitative estimate of drug-likeness (QED) is 0.707. The van der Waals surface area contributed by atoms with E-state index in [4.69, 9.17) is 0 Å². The zero-order chi connectivity index (χ0) is 17.9. The second-order valence-corrected chi connectivity index (χ2v) is 6.49. The van der Waals surface area contributed by atoms with Crippen molar-refractivity contribution in [3.63, 3.8) is 0 Å². The number of benzene rings is 2. The maximum Gasteiger partial charge on any atom is 0.244 e. The smallest absolute Gasteiger partial charge is 0.244 e. The number of anilines is 2. The third-order valence-electron chi connectivity index (χ3n) is 3.84. The second-order valence-electron chi connectivity index (χ2n) is 5.54. The fourth-order valence-electron chi connectivity index (χ4n) is 2.66. The van der Waals surface area contributed by atoms with E-state index >= 15 is 0 Å². The molecule has 2 amide bonds. The molecule has 1 N–H and O–H groups in total. The van der Waals surface area contributed by atoms with Crippen molar-refractivity contribution in [1.82, 2.24) is 20.2 Å². The molecule has 2 heterocycles. The van der Waals surface area contributed by atoms with Crippen LogP contribution in [0.1, 0.15) is 0 Å². The number of amides is 2. The Morgan fingerprint density at radius 1 is 1.12 bits per heavy atom. The fraction of sp³-hybridized carbons (Fsp3) is 0.118. The number of carbonyl (C=O) groups excluding carboxylic acids is 2. The Morgan fingerprint density at radius 3 is 2.73 bits per heavy atom. The largest absolute Gasteiger partial charge is 0.323 e. The Morgan fingerprint density at radius 2 is 1.88 bits per heavy atom. The molecule has 8 nitrogen and oxygen atoms in total. The molecular formula is C17H14N6O2S. The molecule has 0 saturated heterocycles. The van der Waals surface area contributed by atoms with Crippen molar-refractivity contribution in [2.24, 2.45) is 0 Å². The summed E-state index contributed by atoms with van der Waals surface area (Å²) < 4.78 is 1.58. The van der Waals surface area contributed by atoms with Crippen LogP contribution < -0.4 is 10.2 Å². The van der Waals surface area contributed by atoms with Crippen LogP contribution in [0.2, 0.25) is 0 Å². The molecule has 0 radical (unpaired) electrons. The van der Waals surface area contributed by atoms with Crippen LogP contribution in [-0.4, -0.2) is 44.3 Å². The third-order valence-corrected chi connectivity index (χ3v) is 4.74. The molecule has 1 aliphatic rings. The van der Waals surface area contributed by atoms with E-state index in [2.05, 4.69) is 20.8 Å². The summed E-state index contributed by atoms with van der Waals surface area (Å²) in [6.07, 6.45) is 0. The number of para-hydroxylation sites is 3. The monoisotopic (exact) mass is 366 g/mol. The van der Waals surface area contributed by atoms with E-state index in [0.717, 1.165) is 5.69 Å². The number of fused-ring (bicyclic) bond motifs is 1. The van der Waals surface area contributed by atoms with Crippen molar-refractivity contribution in [3.05, 3.63) is 54.6 Å². The van der Waals surface area contributed by atoms with Gasteiger partial charge in [0.05, 0.1) is 22.8 Å². The molecule has 1 aliphatic heterocycles. The summed E-state index contributed by atoms with van der Waals surface area (Å²) >= 11 is 1.23. The summed E-state index contributed by atoms with van der Waals surface area (Å²) in [5.74, 6) is -0.273. The SMILES string of the molecule is O=C1CN(C(=O)CSc2nnnn2-c2ccccc2)c2ccccc2N1. The number of tetrazole rings is 1. The van der Waals surface area contributed by atoms with Gasteiger partial charge in [-0.2, -0.15) is 4.68 Å². The molecule has 4 rings (SSSR count). The predicted octanol–water partition coefficient (Wildman–Crippen LogP) is 1.74. The van der Waals surface area contributed by atoms with Gasteiger partial charge in [0.15, 0.2) is 0 Å². The van der Waals surface area contributed by atoms with E-state index in [0.29, 0.717) is 16.5 Å². The first-order chi connectivity index (χ1) is 12.7. The van der Waals surface area contributed by atoms with Crippen LogP contribution in [0.5, 0.6) is 0 Å². The molecule has 1 aromatic heterocycles. The molecule has 3 aromatic rings. The summed E-state index contributed by atoms with van der Waals surface area (Å²) in [5.41, 5.74) is 2.15. The van der Waals surface area contributed by atoms with Crippen molar-refractivity contribution >= 4 is 35.0 Å². The Hall–Kier alpha value is -3.20. The summed E-state index contributed by atoms with van der Waals surface area (Å²) in [6.45, 7) is 0.0000322. The third kappa shape index (κ3) is 3.16. The number of hydrogen-bond acceptors (Lipinski definition) is 6. The van der Waals surface area contributed by atoms with Gasteiger partial charge in [-0.3, -0.25) is 9.59 Å². The lowest BCUT2D eigenvalue weighted by Crippen LogP contribution is -2.43. The van der Waals surface area contributed by atoms with Gasteiger partial charge in [-0.15, -0.1) is 5.10 Å². The first-order valence-corrected chi connectivity index (χ1v) is 8.87. The number of aromatic nitrogens is 4. The average Bonchev–Trinajstić information content (AvgIpc) is 3.14. The topological polar surface area (TPSA) is 93.0 Å². The number of hydrogen-bond donors (Lipinski definition) is 1. The zero-order valence-corrected chi connectivity index (χ0v) is 14.4. The lowest BCUT2D eigenvalue weighted by molar-refractivity contribution is -0.120. The highest BCUT2D eigenvalue weighted by atomic mass is 32.2. The minimum absolute atomic E-state index is 0.0000322. The number of carbonyl (C=O) groups is 2. The standard InChI is InChI=1S/C17H14N6O2S/c24-15-10-22(14-9-5-4-8-13(14)18-15)16(25)11-26-17-19-20-21-23(17)12-6-2-1-3-7-12/h1-9H,10-11H2,(H,18,24). The van der Waals surface area contributed by atoms with Gasteiger partial charge in [-0.1, -0.05) is 42.1 Å². The predicted molar refractivity (Wildman–Crippen MR) is 97.3 cm³/mol. The number of nitrogens with zero attached hydrogens (tertiary/aromatic N) is 5. The van der Waals surface area contributed by atoms with Gasteiger partial charge in [-0.25, -0.2) is 0 Å². The summed E-state index contributed by atoms with van der Waals surface area (Å²) in [4.78, 5) is 26.0. The summed E-state index contributed by atoms with van der Waals surface area (Å²) in [7, 11) is 0. The van der Waals surface area contributed by atoms with Gasteiger partial charge in [0.1, 0.15) is 6.54 Å². The van der Waals surface area contributed by atoms with Crippen LogP contribution in [-0.2, 0) is 9.59 Å². The molecule has 0 unspecified atom stereocenters. The lowest BCUT2D eigenvalue weighted by Gasteiger charge is -2.28. The Bertz CT molecular complexity index is 959. The van der Waals surface area contributed by atoms with Crippen molar-refractivity contribution in [2.45, 2.75) is 5.16 Å². The molecule has 0 fully saturated rings. The van der Waals surface area contributed by atoms with Gasteiger partial charge in [0.2, 0.25) is 17.0 Å². The van der Waals surface area contributed by atoms with Crippen molar-refractivity contribution in [3.8, 4) is 5.69 Å². The van der Waals surface area contributed by atoms with Gasteiger partial charge < -0.3 is 10.2 Å².